The number of nitrogens with one attached hydrogen (secondary N) is 8. The fourth-order valence-electron chi connectivity index (χ4n) is 6.40. The second-order valence-corrected chi connectivity index (χ2v) is 21.6. The van der Waals surface area contributed by atoms with E-state index in [9.17, 15) is 63.3 Å². The fourth-order valence-corrected chi connectivity index (χ4v) is 9.62. The fraction of sp³-hybridized carbons (Fsp3) is 0.551. The van der Waals surface area contributed by atoms with Crippen molar-refractivity contribution < 1.29 is 84.4 Å². The summed E-state index contributed by atoms with van der Waals surface area (Å²) in [5, 5.41) is 57.1. The van der Waals surface area contributed by atoms with Crippen molar-refractivity contribution in [2.24, 2.45) is 0 Å². The normalized spacial score (nSPS) is 11.7. The number of imidazole rings is 4. The number of carbonyl (C=O) groups is 10. The number of aromatic amines is 4. The molecule has 17 N–H and O–H groups in total. The van der Waals surface area contributed by atoms with Crippen LogP contribution in [0, 0.1) is 0 Å². The van der Waals surface area contributed by atoms with Crippen LogP contribution in [-0.4, -0.2) is 165 Å². The molecule has 0 bridgehead atoms. The predicted molar refractivity (Wildman–Crippen MR) is 314 cm³/mol. The van der Waals surface area contributed by atoms with Gasteiger partial charge in [-0.15, -0.1) is 12.6 Å². The van der Waals surface area contributed by atoms with Crippen LogP contribution in [0.5, 0.6) is 0 Å². The van der Waals surface area contributed by atoms with Crippen molar-refractivity contribution in [3.63, 3.8) is 0 Å². The monoisotopic (exact) mass is 1270 g/mol. The van der Waals surface area contributed by atoms with Gasteiger partial charge in [-0.25, -0.2) is 39.1 Å². The molecule has 0 fully saturated rings. The first-order valence-corrected chi connectivity index (χ1v) is 29.8. The number of hydrogen-bond donors (Lipinski definition) is 15. The van der Waals surface area contributed by atoms with Gasteiger partial charge < -0.3 is 77.7 Å². The lowest BCUT2D eigenvalue weighted by molar-refractivity contribution is -0.142. The van der Waals surface area contributed by atoms with Crippen LogP contribution in [0.25, 0.3) is 0 Å². The predicted octanol–water partition coefficient (Wildman–Crippen LogP) is 3.63. The Morgan fingerprint density at radius 1 is 0.470 bits per heavy atom. The lowest BCUT2D eigenvalue weighted by Gasteiger charge is -2.15. The molecule has 0 saturated carbocycles. The van der Waals surface area contributed by atoms with Crippen LogP contribution in [0.3, 0.4) is 0 Å². The Labute approximate surface area is 502 Å². The van der Waals surface area contributed by atoms with Gasteiger partial charge in [-0.2, -0.15) is 12.6 Å². The minimum absolute atomic E-state index is 0. The van der Waals surface area contributed by atoms with E-state index < -0.39 is 54.0 Å². The Morgan fingerprint density at radius 2 is 0.747 bits per heavy atom. The van der Waals surface area contributed by atoms with Crippen LogP contribution in [0.2, 0.25) is 0 Å². The molecule has 0 aliphatic rings. The van der Waals surface area contributed by atoms with Gasteiger partial charge >= 0.3 is 29.8 Å². The highest BCUT2D eigenvalue weighted by Gasteiger charge is 2.27. The van der Waals surface area contributed by atoms with Crippen LogP contribution in [0.1, 0.15) is 141 Å². The quantitative estimate of drug-likeness (QED) is 0.0180. The molecule has 0 aliphatic heterocycles. The molecule has 83 heavy (non-hydrogen) atoms. The highest BCUT2D eigenvalue weighted by atomic mass is 33.1. The molecular weight excluding hydrogens is 1190 g/mol. The van der Waals surface area contributed by atoms with Gasteiger partial charge in [0.05, 0.1) is 54.5 Å². The lowest BCUT2D eigenvalue weighted by Crippen LogP contribution is -2.42. The van der Waals surface area contributed by atoms with Crippen LogP contribution >= 0.6 is 58.6 Å². The highest BCUT2D eigenvalue weighted by Crippen LogP contribution is 2.38. The number of carboxylic acids is 5. The van der Waals surface area contributed by atoms with Gasteiger partial charge in [0.2, 0.25) is 23.6 Å². The molecule has 0 saturated heterocycles. The van der Waals surface area contributed by atoms with Crippen molar-refractivity contribution in [2.75, 3.05) is 5.75 Å². The summed E-state index contributed by atoms with van der Waals surface area (Å²) in [5.74, 6) is -6.00. The van der Waals surface area contributed by atoms with E-state index in [2.05, 4.69) is 86.4 Å². The van der Waals surface area contributed by atoms with Gasteiger partial charge in [0.15, 0.2) is 5.12 Å². The number of aromatic nitrogens is 8. The molecule has 0 aliphatic carbocycles. The maximum absolute atomic E-state index is 12.0. The first-order valence-electron chi connectivity index (χ1n) is 25.7. The molecule has 4 atom stereocenters. The topological polar surface area (TPSA) is 498 Å². The molecule has 4 aromatic heterocycles. The average molecular weight is 1270 g/mol. The summed E-state index contributed by atoms with van der Waals surface area (Å²) < 4.78 is 0. The van der Waals surface area contributed by atoms with E-state index in [-0.39, 0.29) is 84.6 Å². The minimum Gasteiger partial charge on any atom is -0.481 e. The highest BCUT2D eigenvalue weighted by molar-refractivity contribution is 8.76. The number of carbonyl (C=O) groups excluding carboxylic acids is 5. The van der Waals surface area contributed by atoms with Crippen molar-refractivity contribution in [2.45, 2.75) is 188 Å². The number of H-pyrrole nitrogens is 4. The number of rotatable bonds is 34. The van der Waals surface area contributed by atoms with E-state index in [1.54, 1.807) is 0 Å². The molecule has 0 unspecified atom stereocenters. The summed E-state index contributed by atoms with van der Waals surface area (Å²) in [4.78, 5) is 141. The molecule has 4 heterocycles. The van der Waals surface area contributed by atoms with Crippen molar-refractivity contribution >= 4 is 117 Å². The molecule has 4 rings (SSSR count). The third kappa shape index (κ3) is 33.9. The largest absolute Gasteiger partial charge is 0.481 e. The summed E-state index contributed by atoms with van der Waals surface area (Å²) in [6.07, 6.45) is 13.5. The van der Waals surface area contributed by atoms with Crippen molar-refractivity contribution in [3.8, 4) is 0 Å². The van der Waals surface area contributed by atoms with Crippen LogP contribution in [0.15, 0.2) is 45.4 Å². The second-order valence-electron chi connectivity index (χ2n) is 17.5. The number of nitrogens with zero attached hydrogens (tertiary/aromatic N) is 4. The Kier molecular flexibility index (Phi) is 42.5. The Bertz CT molecular complexity index is 2530. The molecule has 29 nitrogen and oxygen atoms in total. The maximum atomic E-state index is 12.0. The number of aliphatic carboxylic acids is 5. The van der Waals surface area contributed by atoms with Gasteiger partial charge in [-0.3, -0.25) is 28.8 Å². The van der Waals surface area contributed by atoms with E-state index in [0.29, 0.717) is 80.7 Å². The van der Waals surface area contributed by atoms with E-state index in [1.807, 2.05) is 27.7 Å². The molecular formula is C49H78N12O17S5. The zero-order chi connectivity index (χ0) is 60.9. The van der Waals surface area contributed by atoms with E-state index in [0.717, 1.165) is 43.9 Å². The van der Waals surface area contributed by atoms with Crippen LogP contribution in [-0.2, 0) is 73.6 Å². The molecule has 34 heteroatoms. The molecule has 4 amide bonds. The zero-order valence-electron chi connectivity index (χ0n) is 46.6. The molecule has 4 aromatic rings. The van der Waals surface area contributed by atoms with Gasteiger partial charge in [0.25, 0.3) is 0 Å². The lowest BCUT2D eigenvalue weighted by atomic mass is 10.1. The summed E-state index contributed by atoms with van der Waals surface area (Å²) in [5.41, 5.74) is 2.21. The van der Waals surface area contributed by atoms with Crippen molar-refractivity contribution in [1.29, 1.82) is 0 Å². The number of hydrogen-bond acceptors (Lipinski definition) is 19. The van der Waals surface area contributed by atoms with E-state index in [4.69, 9.17) is 10.2 Å². The van der Waals surface area contributed by atoms with Gasteiger partial charge in [-0.05, 0) is 59.0 Å². The third-order valence-corrected chi connectivity index (χ3v) is 14.4. The van der Waals surface area contributed by atoms with Crippen LogP contribution < -0.4 is 21.3 Å². The van der Waals surface area contributed by atoms with Gasteiger partial charge in [0.1, 0.15) is 44.3 Å². The van der Waals surface area contributed by atoms with Crippen molar-refractivity contribution in [3.05, 3.63) is 48.1 Å². The maximum Gasteiger partial charge on any atom is 0.326 e. The Balaban J connectivity index is 0. The third-order valence-electron chi connectivity index (χ3n) is 10.7. The first kappa shape index (κ1) is 78.5. The standard InChI is InChI=1S/C22H32N6O6S2.C13H19N3O4S.C11H17N3O3S.C3H6O2S.2H2O/c1-3-5-7-17(29)27-15(21(31)32)9-13-19(25-11-23-13)35-36-20-14(24-12-26-20)10-16(22(33)34)28-18(30)8-6-4-2;1-3-4-5-11(18)16-10(13(19)20)6-9-12(15-7-14-9)21-8(2)17;1-2-3-4-9(15)14-8(11(16)17)5-7-10(18)13-6-12-7;4-3(5)1-2-6;;/h11-12,15-16H,3-10H2,1-2H3,(H,23,25)(H,24,26)(H,27,29)(H,28,30)(H,31,32)(H,33,34);7,10H,3-6H2,1-2H3,(H,14,15)(H,16,18)(H,19,20);6,8,18H,2-5H2,1H3,(H,12,13)(H,14,15)(H,16,17);6H,1-2H2,(H,4,5);2*1H2/t15-,16-;10-;8-;;;/m000.../s1. The first-order chi connectivity index (χ1) is 38.5. The molecule has 0 radical (unpaired) electrons. The number of amides is 4. The molecule has 0 spiro atoms. The van der Waals surface area contributed by atoms with Gasteiger partial charge in [0, 0.05) is 64.0 Å². The number of thioether (sulfide) groups is 1. The Hall–Kier alpha value is -6.59. The molecule has 466 valence electrons. The van der Waals surface area contributed by atoms with Crippen LogP contribution in [0.4, 0.5) is 0 Å². The SMILES string of the molecule is CCCCC(=O)N[C@@H](Cc1[nH]cnc1S)C(=O)O.CCCCC(=O)N[C@@H](Cc1[nH]cnc1SC(C)=O)C(=O)O.CCCCC(=O)N[C@@H](Cc1[nH]cnc1SSc1nc[nH]c1C[C@H](NC(=O)CCCC)C(=O)O)C(=O)O.O.O.O=C(O)CCS. The second kappa shape index (κ2) is 44.9. The van der Waals surface area contributed by atoms with Crippen molar-refractivity contribution in [1.82, 2.24) is 61.1 Å². The zero-order valence-corrected chi connectivity index (χ0v) is 50.8. The average Bonchev–Trinajstić information content (AvgIpc) is 4.27. The number of carboxylic acid groups (broad SMARTS) is 5. The summed E-state index contributed by atoms with van der Waals surface area (Å²) in [7, 11) is 2.45. The van der Waals surface area contributed by atoms with E-state index >= 15 is 0 Å². The molecule has 0 aromatic carbocycles. The summed E-state index contributed by atoms with van der Waals surface area (Å²) >= 11 is 8.70. The Morgan fingerprint density at radius 3 is 0.988 bits per heavy atom. The summed E-state index contributed by atoms with van der Waals surface area (Å²) in [6.45, 7) is 9.23. The minimum atomic E-state index is -1.15. The van der Waals surface area contributed by atoms with Gasteiger partial charge in [-0.1, -0.05) is 53.4 Å². The number of unbranched alkanes of at least 4 members (excludes halogenated alkanes) is 4. The number of thiol groups is 2. The summed E-state index contributed by atoms with van der Waals surface area (Å²) in [6, 6.07) is -4.21. The smallest absolute Gasteiger partial charge is 0.326 e. The van der Waals surface area contributed by atoms with E-state index in [1.165, 1.54) is 53.8 Å².